The predicted molar refractivity (Wildman–Crippen MR) is 185 cm³/mol. The smallest absolute Gasteiger partial charge is 0.191 e. The van der Waals surface area contributed by atoms with Crippen LogP contribution in [0.2, 0.25) is 18.1 Å². The molecule has 1 fully saturated rings. The zero-order valence-electron chi connectivity index (χ0n) is 26.5. The molecule has 0 radical (unpaired) electrons. The van der Waals surface area contributed by atoms with Crippen molar-refractivity contribution in [3.8, 4) is 0 Å². The van der Waals surface area contributed by atoms with Crippen LogP contribution in [0.25, 0.3) is 0 Å². The van der Waals surface area contributed by atoms with Crippen molar-refractivity contribution in [1.82, 2.24) is 0 Å². The Kier molecular flexibility index (Phi) is 11.2. The number of thioether (sulfide) groups is 2. The fourth-order valence-corrected chi connectivity index (χ4v) is 10.5. The molecule has 0 unspecified atom stereocenters. The lowest BCUT2D eigenvalue weighted by molar-refractivity contribution is -0.0570. The van der Waals surface area contributed by atoms with Gasteiger partial charge in [0.15, 0.2) is 8.32 Å². The molecule has 3 atom stereocenters. The highest BCUT2D eigenvalue weighted by atomic mass is 32.2. The molecule has 3 aromatic carbocycles. The quantitative estimate of drug-likeness (QED) is 0.161. The maximum atomic E-state index is 12.0. The molecule has 0 aromatic heterocycles. The lowest BCUT2D eigenvalue weighted by atomic mass is 9.80. The van der Waals surface area contributed by atoms with Crippen LogP contribution in [-0.4, -0.2) is 48.3 Å². The molecule has 1 heterocycles. The van der Waals surface area contributed by atoms with E-state index in [4.69, 9.17) is 9.16 Å². The van der Waals surface area contributed by atoms with Crippen LogP contribution in [0, 0.1) is 11.8 Å². The summed E-state index contributed by atoms with van der Waals surface area (Å²) in [6, 6.07) is 31.3. The maximum Gasteiger partial charge on any atom is 0.191 e. The van der Waals surface area contributed by atoms with E-state index in [0.29, 0.717) is 0 Å². The monoisotopic (exact) mass is 622 g/mol. The molecule has 3 nitrogen and oxygen atoms in total. The molecule has 1 aliphatic rings. The maximum absolute atomic E-state index is 12.0. The van der Waals surface area contributed by atoms with E-state index >= 15 is 0 Å². The first-order chi connectivity index (χ1) is 19.9. The Morgan fingerprint density at radius 1 is 0.762 bits per heavy atom. The zero-order valence-corrected chi connectivity index (χ0v) is 29.1. The van der Waals surface area contributed by atoms with Gasteiger partial charge in [-0.2, -0.15) is 0 Å². The second-order valence-electron chi connectivity index (χ2n) is 13.2. The first kappa shape index (κ1) is 33.4. The van der Waals surface area contributed by atoms with Gasteiger partial charge in [-0.25, -0.2) is 0 Å². The summed E-state index contributed by atoms with van der Waals surface area (Å²) in [5.41, 5.74) is 2.31. The molecule has 228 valence electrons. The van der Waals surface area contributed by atoms with Crippen LogP contribution in [0.15, 0.2) is 91.0 Å². The molecule has 3 aromatic rings. The third-order valence-corrected chi connectivity index (χ3v) is 18.0. The second-order valence-corrected chi connectivity index (χ2v) is 21.0. The highest BCUT2D eigenvalue weighted by molar-refractivity contribution is 8.18. The number of hydrogen-bond acceptors (Lipinski definition) is 5. The van der Waals surface area contributed by atoms with Crippen LogP contribution in [0.5, 0.6) is 0 Å². The average molecular weight is 623 g/mol. The molecule has 1 N–H and O–H groups in total. The average Bonchev–Trinajstić information content (AvgIpc) is 3.01. The van der Waals surface area contributed by atoms with Gasteiger partial charge in [-0.05, 0) is 52.7 Å². The minimum absolute atomic E-state index is 0.00540. The summed E-state index contributed by atoms with van der Waals surface area (Å²) in [5, 5.41) is 12.1. The fraction of sp³-hybridized carbons (Fsp3) is 0.500. The van der Waals surface area contributed by atoms with Gasteiger partial charge in [0.05, 0.1) is 16.8 Å². The minimum Gasteiger partial charge on any atom is -0.416 e. The van der Waals surface area contributed by atoms with Gasteiger partial charge in [-0.1, -0.05) is 126 Å². The summed E-state index contributed by atoms with van der Waals surface area (Å²) in [5.74, 6) is 2.51. The Morgan fingerprint density at radius 2 is 1.19 bits per heavy atom. The summed E-state index contributed by atoms with van der Waals surface area (Å²) in [6.45, 7) is 17.0. The molecule has 1 saturated heterocycles. The Labute approximate surface area is 264 Å². The van der Waals surface area contributed by atoms with Crippen molar-refractivity contribution in [3.63, 3.8) is 0 Å². The van der Waals surface area contributed by atoms with Gasteiger partial charge >= 0.3 is 0 Å². The van der Waals surface area contributed by atoms with Crippen LogP contribution in [0.4, 0.5) is 0 Å². The van der Waals surface area contributed by atoms with E-state index in [1.165, 1.54) is 6.42 Å². The van der Waals surface area contributed by atoms with Gasteiger partial charge < -0.3 is 14.3 Å². The van der Waals surface area contributed by atoms with Gasteiger partial charge in [0.25, 0.3) is 0 Å². The third kappa shape index (κ3) is 7.05. The summed E-state index contributed by atoms with van der Waals surface area (Å²) in [7, 11) is -1.88. The number of rotatable bonds is 12. The van der Waals surface area contributed by atoms with Gasteiger partial charge in [-0.15, -0.1) is 23.5 Å². The summed E-state index contributed by atoms with van der Waals surface area (Å²) in [6.07, 6.45) is 0.555. The third-order valence-electron chi connectivity index (χ3n) is 9.35. The molecular formula is C36H50O3S2Si. The van der Waals surface area contributed by atoms with Crippen molar-refractivity contribution in [2.75, 3.05) is 24.7 Å². The molecule has 1 aliphatic heterocycles. The molecule has 0 aliphatic carbocycles. The summed E-state index contributed by atoms with van der Waals surface area (Å²) >= 11 is 4.04. The molecular weight excluding hydrogens is 573 g/mol. The lowest BCUT2D eigenvalue weighted by Crippen LogP contribution is -2.50. The Balaban J connectivity index is 1.64. The molecule has 4 rings (SSSR count). The highest BCUT2D eigenvalue weighted by Gasteiger charge is 2.49. The molecule has 42 heavy (non-hydrogen) atoms. The summed E-state index contributed by atoms with van der Waals surface area (Å²) < 4.78 is 13.7. The van der Waals surface area contributed by atoms with E-state index in [1.54, 1.807) is 0 Å². The van der Waals surface area contributed by atoms with Crippen molar-refractivity contribution in [3.05, 3.63) is 108 Å². The Morgan fingerprint density at radius 3 is 1.60 bits per heavy atom. The number of aliphatic hydroxyl groups excluding tert-OH is 1. The molecule has 0 bridgehead atoms. The fourth-order valence-electron chi connectivity index (χ4n) is 5.62. The first-order valence-electron chi connectivity index (χ1n) is 15.3. The predicted octanol–water partition coefficient (Wildman–Crippen LogP) is 9.22. The van der Waals surface area contributed by atoms with Gasteiger partial charge in [0, 0.05) is 18.4 Å². The van der Waals surface area contributed by atoms with Crippen LogP contribution in [0.1, 0.15) is 57.7 Å². The normalized spacial score (nSPS) is 18.3. The second kappa shape index (κ2) is 14.0. The summed E-state index contributed by atoms with van der Waals surface area (Å²) in [4.78, 5) is 0. The van der Waals surface area contributed by atoms with Crippen molar-refractivity contribution in [1.29, 1.82) is 0 Å². The minimum atomic E-state index is -1.88. The SMILES string of the molecule is C[C@@H](CO[Si](C)(C)C(C)(C)C)C1([C@@H](C)[C@H](O)COC(c2ccccc2)(c2ccccc2)c2ccccc2)SCCCS1. The van der Waals surface area contributed by atoms with E-state index in [0.717, 1.165) is 34.8 Å². The molecule has 0 saturated carbocycles. The molecule has 6 heteroatoms. The van der Waals surface area contributed by atoms with Crippen LogP contribution >= 0.6 is 23.5 Å². The van der Waals surface area contributed by atoms with E-state index in [-0.39, 0.29) is 27.6 Å². The largest absolute Gasteiger partial charge is 0.416 e. The van der Waals surface area contributed by atoms with Crippen molar-refractivity contribution in [2.45, 2.75) is 75.0 Å². The van der Waals surface area contributed by atoms with Crippen molar-refractivity contribution in [2.24, 2.45) is 11.8 Å². The number of hydrogen-bond donors (Lipinski definition) is 1. The molecule has 0 spiro atoms. The van der Waals surface area contributed by atoms with Gasteiger partial charge in [0.2, 0.25) is 0 Å². The van der Waals surface area contributed by atoms with Crippen LogP contribution in [0.3, 0.4) is 0 Å². The highest BCUT2D eigenvalue weighted by Crippen LogP contribution is 2.54. The van der Waals surface area contributed by atoms with Crippen molar-refractivity contribution >= 4 is 31.8 Å². The Hall–Kier alpha value is -1.54. The number of ether oxygens (including phenoxy) is 1. The number of aliphatic hydroxyl groups is 1. The molecule has 0 amide bonds. The topological polar surface area (TPSA) is 38.7 Å². The van der Waals surface area contributed by atoms with E-state index < -0.39 is 20.0 Å². The Bertz CT molecular complexity index is 1130. The van der Waals surface area contributed by atoms with Gasteiger partial charge in [-0.3, -0.25) is 0 Å². The zero-order chi connectivity index (χ0) is 30.4. The van der Waals surface area contributed by atoms with E-state index in [9.17, 15) is 5.11 Å². The standard InChI is InChI=1S/C36H50O3S2Si/c1-28(26-39-42(6,7)34(3,4)5)36(40-24-17-25-41-36)29(2)33(37)27-38-35(30-18-11-8-12-19-30,31-20-13-9-14-21-31)32-22-15-10-16-23-32/h8-16,18-23,28-29,33,37H,17,24-27H2,1-7H3/t28-,29-,33+/m0/s1. The van der Waals surface area contributed by atoms with E-state index in [2.05, 4.69) is 121 Å². The lowest BCUT2D eigenvalue weighted by Gasteiger charge is -2.48. The van der Waals surface area contributed by atoms with Crippen LogP contribution < -0.4 is 0 Å². The van der Waals surface area contributed by atoms with E-state index in [1.807, 2.05) is 41.7 Å². The van der Waals surface area contributed by atoms with Crippen LogP contribution in [-0.2, 0) is 14.8 Å². The number of benzene rings is 3. The first-order valence-corrected chi connectivity index (χ1v) is 20.2. The van der Waals surface area contributed by atoms with Gasteiger partial charge in [0.1, 0.15) is 5.60 Å². The van der Waals surface area contributed by atoms with Crippen molar-refractivity contribution < 1.29 is 14.3 Å².